The van der Waals surface area contributed by atoms with Gasteiger partial charge in [-0.05, 0) is 85.0 Å². The maximum atomic E-state index is 10.8. The third-order valence-electron chi connectivity index (χ3n) is 7.33. The number of phenolic OH excluding ortho intramolecular Hbond substituents is 1. The van der Waals surface area contributed by atoms with Crippen molar-refractivity contribution in [2.45, 2.75) is 19.3 Å². The number of nitriles is 1. The van der Waals surface area contributed by atoms with E-state index in [9.17, 15) is 14.7 Å². The molecule has 0 saturated heterocycles. The number of nitrogens with two attached hydrogens (primary N) is 2. The van der Waals surface area contributed by atoms with Gasteiger partial charge in [0, 0.05) is 24.3 Å². The summed E-state index contributed by atoms with van der Waals surface area (Å²) in [6.07, 6.45) is 9.14. The lowest BCUT2D eigenvalue weighted by atomic mass is 10.0. The minimum atomic E-state index is -0.815. The third-order valence-corrected chi connectivity index (χ3v) is 7.33. The number of carbonyl (C=O) groups excluding carboxylic acids is 2. The number of aryl methyl sites for hydroxylation is 2. The average Bonchev–Trinajstić information content (AvgIpc) is 3.81. The molecule has 12 heteroatoms. The molecule has 1 aliphatic rings. The van der Waals surface area contributed by atoms with Crippen LogP contribution in [0.5, 0.6) is 5.75 Å². The molecule has 1 aliphatic carbocycles. The predicted octanol–water partition coefficient (Wildman–Crippen LogP) is 3.91. The molecule has 6 aromatic rings. The summed E-state index contributed by atoms with van der Waals surface area (Å²) in [5, 5.41) is 22.1. The number of imidazole rings is 1. The monoisotopic (exact) mass is 583 g/mol. The van der Waals surface area contributed by atoms with E-state index in [1.165, 1.54) is 17.5 Å². The van der Waals surface area contributed by atoms with Crippen molar-refractivity contribution in [2.24, 2.45) is 5.73 Å². The van der Waals surface area contributed by atoms with E-state index < -0.39 is 5.91 Å². The number of phenols is 1. The van der Waals surface area contributed by atoms with Crippen LogP contribution in [-0.2, 0) is 12.8 Å². The quantitative estimate of drug-likeness (QED) is 0.252. The SMILES string of the molecule is N#Cc1cc(O)c(C=O)cc1C(N)=O.Nc1ncccc1-c1nc2ccc(-n3cccn3)nc2n1-c1ccc2c(c1)CCC2. The number of aldehydes is 1. The zero-order valence-electron chi connectivity index (χ0n) is 23.3. The maximum Gasteiger partial charge on any atom is 0.250 e. The molecule has 0 aliphatic heterocycles. The van der Waals surface area contributed by atoms with Gasteiger partial charge in [0.1, 0.15) is 23.2 Å². The van der Waals surface area contributed by atoms with E-state index in [2.05, 4.69) is 32.8 Å². The standard InChI is InChI=1S/C23H19N7.C9H6N2O3/c24-21-18(6-2-11-25-21)22-27-19-9-10-20(29-13-3-12-26-29)28-23(19)30(22)17-8-7-15-4-1-5-16(15)14-17;10-3-5-2-8(13)6(4-12)1-7(5)9(11)14/h2-3,6-14H,1,4-5H2,(H2,24,25);1-2,4,13H,(H2,11,14). The Morgan fingerprint density at radius 2 is 1.86 bits per heavy atom. The van der Waals surface area contributed by atoms with Crippen LogP contribution >= 0.6 is 0 Å². The van der Waals surface area contributed by atoms with E-state index >= 15 is 0 Å². The summed E-state index contributed by atoms with van der Waals surface area (Å²) in [5.41, 5.74) is 17.2. The molecule has 0 atom stereocenters. The van der Waals surface area contributed by atoms with Gasteiger partial charge >= 0.3 is 0 Å². The van der Waals surface area contributed by atoms with Gasteiger partial charge in [0.15, 0.2) is 23.6 Å². The van der Waals surface area contributed by atoms with Gasteiger partial charge in [-0.25, -0.2) is 19.6 Å². The molecule has 4 aromatic heterocycles. The van der Waals surface area contributed by atoms with Crippen molar-refractivity contribution in [1.82, 2.24) is 29.3 Å². The van der Waals surface area contributed by atoms with E-state index in [-0.39, 0.29) is 22.4 Å². The zero-order chi connectivity index (χ0) is 30.8. The Morgan fingerprint density at radius 3 is 2.59 bits per heavy atom. The summed E-state index contributed by atoms with van der Waals surface area (Å²) in [4.78, 5) is 35.3. The second kappa shape index (κ2) is 11.5. The number of hydrogen-bond donors (Lipinski definition) is 3. The molecular formula is C32H25N9O3. The van der Waals surface area contributed by atoms with E-state index in [0.717, 1.165) is 59.0 Å². The normalized spacial score (nSPS) is 11.8. The van der Waals surface area contributed by atoms with Crippen molar-refractivity contribution in [3.8, 4) is 34.7 Å². The van der Waals surface area contributed by atoms with Crippen molar-refractivity contribution >= 4 is 29.2 Å². The lowest BCUT2D eigenvalue weighted by Crippen LogP contribution is -2.13. The summed E-state index contributed by atoms with van der Waals surface area (Å²) in [6.45, 7) is 0. The van der Waals surface area contributed by atoms with E-state index in [1.54, 1.807) is 23.1 Å². The Kier molecular flexibility index (Phi) is 7.26. The Balaban J connectivity index is 0.000000208. The highest BCUT2D eigenvalue weighted by Gasteiger charge is 2.20. The lowest BCUT2D eigenvalue weighted by molar-refractivity contribution is 0.1000. The topological polar surface area (TPSA) is 192 Å². The van der Waals surface area contributed by atoms with Crippen LogP contribution in [-0.4, -0.2) is 46.6 Å². The number of pyridine rings is 2. The molecule has 0 unspecified atom stereocenters. The van der Waals surface area contributed by atoms with Gasteiger partial charge in [-0.2, -0.15) is 10.4 Å². The first-order valence-corrected chi connectivity index (χ1v) is 13.6. The molecule has 7 rings (SSSR count). The van der Waals surface area contributed by atoms with Crippen LogP contribution in [0.3, 0.4) is 0 Å². The number of hydrogen-bond acceptors (Lipinski definition) is 9. The minimum absolute atomic E-state index is 0.0550. The summed E-state index contributed by atoms with van der Waals surface area (Å²) in [6, 6.07) is 20.0. The number of anilines is 1. The Labute approximate surface area is 250 Å². The summed E-state index contributed by atoms with van der Waals surface area (Å²) >= 11 is 0. The van der Waals surface area contributed by atoms with Crippen molar-refractivity contribution < 1.29 is 14.7 Å². The highest BCUT2D eigenvalue weighted by molar-refractivity contribution is 5.97. The molecule has 4 heterocycles. The molecule has 0 saturated carbocycles. The third kappa shape index (κ3) is 5.10. The summed E-state index contributed by atoms with van der Waals surface area (Å²) in [5.74, 6) is 0.757. The highest BCUT2D eigenvalue weighted by Crippen LogP contribution is 2.33. The van der Waals surface area contributed by atoms with Crippen LogP contribution in [0.4, 0.5) is 5.82 Å². The molecule has 0 fully saturated rings. The van der Waals surface area contributed by atoms with E-state index in [0.29, 0.717) is 12.1 Å². The maximum absolute atomic E-state index is 10.8. The number of fused-ring (bicyclic) bond motifs is 2. The number of benzene rings is 2. The molecule has 44 heavy (non-hydrogen) atoms. The van der Waals surface area contributed by atoms with Crippen LogP contribution in [0, 0.1) is 11.3 Å². The first-order chi connectivity index (χ1) is 21.4. The number of primary amides is 1. The van der Waals surface area contributed by atoms with Gasteiger partial charge in [-0.3, -0.25) is 14.2 Å². The van der Waals surface area contributed by atoms with E-state index in [1.807, 2.05) is 36.5 Å². The number of nitrogens with zero attached hydrogens (tertiary/aromatic N) is 7. The van der Waals surface area contributed by atoms with Gasteiger partial charge < -0.3 is 16.6 Å². The van der Waals surface area contributed by atoms with Gasteiger partial charge in [0.2, 0.25) is 5.91 Å². The van der Waals surface area contributed by atoms with Crippen LogP contribution in [0.2, 0.25) is 0 Å². The first-order valence-electron chi connectivity index (χ1n) is 13.6. The Bertz CT molecular complexity index is 2090. The lowest BCUT2D eigenvalue weighted by Gasteiger charge is -2.12. The smallest absolute Gasteiger partial charge is 0.250 e. The van der Waals surface area contributed by atoms with Gasteiger partial charge in [0.05, 0.1) is 22.3 Å². The number of carbonyl (C=O) groups is 2. The minimum Gasteiger partial charge on any atom is -0.507 e. The van der Waals surface area contributed by atoms with Crippen LogP contribution in [0.25, 0.3) is 34.1 Å². The first kappa shape index (κ1) is 27.8. The zero-order valence-corrected chi connectivity index (χ0v) is 23.3. The Morgan fingerprint density at radius 1 is 1.02 bits per heavy atom. The van der Waals surface area contributed by atoms with Crippen molar-refractivity contribution in [3.05, 3.63) is 107 Å². The summed E-state index contributed by atoms with van der Waals surface area (Å²) in [7, 11) is 0. The largest absolute Gasteiger partial charge is 0.507 e. The predicted molar refractivity (Wildman–Crippen MR) is 162 cm³/mol. The molecular weight excluding hydrogens is 558 g/mol. The Hall–Kier alpha value is -6.35. The molecule has 2 aromatic carbocycles. The van der Waals surface area contributed by atoms with Crippen molar-refractivity contribution in [3.63, 3.8) is 0 Å². The number of nitrogen functional groups attached to an aromatic ring is 1. The average molecular weight is 584 g/mol. The van der Waals surface area contributed by atoms with Crippen molar-refractivity contribution in [1.29, 1.82) is 5.26 Å². The van der Waals surface area contributed by atoms with Gasteiger partial charge in [-0.1, -0.05) is 6.07 Å². The van der Waals surface area contributed by atoms with E-state index in [4.69, 9.17) is 26.7 Å². The fraction of sp³-hybridized carbons (Fsp3) is 0.0938. The van der Waals surface area contributed by atoms with Gasteiger partial charge in [-0.15, -0.1) is 0 Å². The number of aromatic hydroxyl groups is 1. The fourth-order valence-electron chi connectivity index (χ4n) is 5.20. The number of amides is 1. The molecule has 0 spiro atoms. The van der Waals surface area contributed by atoms with Crippen molar-refractivity contribution in [2.75, 3.05) is 5.73 Å². The second-order valence-corrected chi connectivity index (χ2v) is 10.0. The molecule has 12 nitrogen and oxygen atoms in total. The molecule has 0 radical (unpaired) electrons. The molecule has 1 amide bonds. The summed E-state index contributed by atoms with van der Waals surface area (Å²) < 4.78 is 3.83. The fourth-order valence-corrected chi connectivity index (χ4v) is 5.20. The molecule has 216 valence electrons. The van der Waals surface area contributed by atoms with Crippen LogP contribution in [0.15, 0.2) is 79.3 Å². The number of aromatic nitrogens is 6. The second-order valence-electron chi connectivity index (χ2n) is 10.0. The number of rotatable bonds is 5. The molecule has 5 N–H and O–H groups in total. The van der Waals surface area contributed by atoms with Crippen LogP contribution in [0.1, 0.15) is 43.8 Å². The molecule has 0 bridgehead atoms. The van der Waals surface area contributed by atoms with Crippen LogP contribution < -0.4 is 11.5 Å². The highest BCUT2D eigenvalue weighted by atomic mass is 16.3. The van der Waals surface area contributed by atoms with Gasteiger partial charge in [0.25, 0.3) is 0 Å².